The van der Waals surface area contributed by atoms with Crippen LogP contribution in [-0.2, 0) is 9.53 Å². The molecule has 1 aliphatic carbocycles. The largest absolute Gasteiger partial charge is 0.383 e. The third-order valence-corrected chi connectivity index (χ3v) is 6.22. The number of morpholine rings is 1. The molecule has 3 rings (SSSR count). The number of carbonyl (C=O) groups is 1. The van der Waals surface area contributed by atoms with Gasteiger partial charge in [0.05, 0.1) is 19.3 Å². The summed E-state index contributed by atoms with van der Waals surface area (Å²) in [5, 5.41) is 20.1. The summed E-state index contributed by atoms with van der Waals surface area (Å²) in [6.45, 7) is 8.65. The number of nitrogens with two attached hydrogens (primary N) is 1. The quantitative estimate of drug-likeness (QED) is 0.755. The summed E-state index contributed by atoms with van der Waals surface area (Å²) < 4.78 is 5.41. The Morgan fingerprint density at radius 3 is 2.52 bits per heavy atom. The Bertz CT molecular complexity index is 774. The van der Waals surface area contributed by atoms with Crippen molar-refractivity contribution in [3.8, 4) is 12.1 Å². The van der Waals surface area contributed by atoms with E-state index in [1.165, 1.54) is 0 Å². The Balaban J connectivity index is 2.08. The minimum absolute atomic E-state index is 0.0204. The molecule has 0 spiro atoms. The number of ether oxygens (including phenoxy) is 1. The van der Waals surface area contributed by atoms with Gasteiger partial charge in [-0.2, -0.15) is 10.5 Å². The zero-order valence-electron chi connectivity index (χ0n) is 16.3. The van der Waals surface area contributed by atoms with Crippen LogP contribution in [0.5, 0.6) is 0 Å². The number of ketones is 1. The average molecular weight is 369 g/mol. The van der Waals surface area contributed by atoms with Crippen molar-refractivity contribution in [3.63, 3.8) is 0 Å². The SMILES string of the molecule is CC(C)(C)C1CCC(=O)C(C2(C#N)C(N3CCOCC3)=NC(N)=C2C#N)C1. The van der Waals surface area contributed by atoms with Crippen molar-refractivity contribution in [2.45, 2.75) is 40.0 Å². The monoisotopic (exact) mass is 369 g/mol. The molecule has 1 saturated heterocycles. The van der Waals surface area contributed by atoms with E-state index in [0.29, 0.717) is 45.0 Å². The van der Waals surface area contributed by atoms with Crippen LogP contribution in [0.1, 0.15) is 40.0 Å². The van der Waals surface area contributed by atoms with Gasteiger partial charge in [0, 0.05) is 25.4 Å². The van der Waals surface area contributed by atoms with Crippen LogP contribution in [0.4, 0.5) is 0 Å². The van der Waals surface area contributed by atoms with E-state index in [1.807, 2.05) is 4.90 Å². The highest BCUT2D eigenvalue weighted by atomic mass is 16.5. The van der Waals surface area contributed by atoms with E-state index < -0.39 is 11.3 Å². The maximum absolute atomic E-state index is 13.0. The second-order valence-electron chi connectivity index (χ2n) is 8.68. The first-order valence-corrected chi connectivity index (χ1v) is 9.51. The number of hydrogen-bond acceptors (Lipinski definition) is 7. The lowest BCUT2D eigenvalue weighted by atomic mass is 9.59. The number of amidine groups is 1. The van der Waals surface area contributed by atoms with Gasteiger partial charge in [0.1, 0.15) is 29.1 Å². The first-order valence-electron chi connectivity index (χ1n) is 9.51. The van der Waals surface area contributed by atoms with Gasteiger partial charge in [0.15, 0.2) is 5.41 Å². The Hall–Kier alpha value is -2.38. The molecule has 3 aliphatic rings. The molecule has 7 nitrogen and oxygen atoms in total. The first kappa shape index (κ1) is 19.4. The van der Waals surface area contributed by atoms with Crippen LogP contribution in [0.15, 0.2) is 16.4 Å². The third-order valence-electron chi connectivity index (χ3n) is 6.22. The molecule has 0 aromatic carbocycles. The number of rotatable bonds is 1. The molecule has 144 valence electrons. The minimum atomic E-state index is -1.39. The summed E-state index contributed by atoms with van der Waals surface area (Å²) in [6, 6.07) is 4.44. The maximum atomic E-state index is 13.0. The van der Waals surface area contributed by atoms with Crippen LogP contribution < -0.4 is 5.73 Å². The Morgan fingerprint density at radius 2 is 1.96 bits per heavy atom. The minimum Gasteiger partial charge on any atom is -0.383 e. The van der Waals surface area contributed by atoms with Gasteiger partial charge in [-0.1, -0.05) is 20.8 Å². The molecule has 0 aromatic rings. The van der Waals surface area contributed by atoms with Crippen molar-refractivity contribution in [1.82, 2.24) is 4.90 Å². The number of carbonyl (C=O) groups excluding carboxylic acids is 1. The van der Waals surface area contributed by atoms with Gasteiger partial charge in [-0.3, -0.25) is 4.79 Å². The van der Waals surface area contributed by atoms with Crippen molar-refractivity contribution >= 4 is 11.6 Å². The van der Waals surface area contributed by atoms with Crippen LogP contribution in [-0.4, -0.2) is 42.8 Å². The van der Waals surface area contributed by atoms with E-state index >= 15 is 0 Å². The molecule has 0 bridgehead atoms. The summed E-state index contributed by atoms with van der Waals surface area (Å²) in [6.07, 6.45) is 1.80. The van der Waals surface area contributed by atoms with E-state index in [2.05, 4.69) is 37.9 Å². The summed E-state index contributed by atoms with van der Waals surface area (Å²) in [7, 11) is 0. The van der Waals surface area contributed by atoms with E-state index in [-0.39, 0.29) is 28.5 Å². The van der Waals surface area contributed by atoms with Crippen LogP contribution >= 0.6 is 0 Å². The lowest BCUT2D eigenvalue weighted by Crippen LogP contribution is -2.53. The van der Waals surface area contributed by atoms with Crippen molar-refractivity contribution < 1.29 is 9.53 Å². The second kappa shape index (κ2) is 6.98. The third kappa shape index (κ3) is 3.11. The fourth-order valence-corrected chi connectivity index (χ4v) is 4.56. The maximum Gasteiger partial charge on any atom is 0.163 e. The average Bonchev–Trinajstić information content (AvgIpc) is 2.94. The molecular weight excluding hydrogens is 342 g/mol. The van der Waals surface area contributed by atoms with Gasteiger partial charge in [0.2, 0.25) is 0 Å². The molecule has 0 aromatic heterocycles. The molecule has 2 N–H and O–H groups in total. The van der Waals surface area contributed by atoms with Crippen molar-refractivity contribution in [3.05, 3.63) is 11.4 Å². The zero-order valence-corrected chi connectivity index (χ0v) is 16.3. The Kier molecular flexibility index (Phi) is 5.01. The highest BCUT2D eigenvalue weighted by Crippen LogP contribution is 2.51. The topological polar surface area (TPSA) is 116 Å². The molecule has 7 heteroatoms. The lowest BCUT2D eigenvalue weighted by molar-refractivity contribution is -0.128. The van der Waals surface area contributed by atoms with E-state index in [4.69, 9.17) is 10.5 Å². The number of nitrogens with zero attached hydrogens (tertiary/aromatic N) is 4. The second-order valence-corrected chi connectivity index (χ2v) is 8.68. The number of aliphatic imine (C=N–C) groups is 1. The summed E-state index contributed by atoms with van der Waals surface area (Å²) in [4.78, 5) is 19.4. The highest BCUT2D eigenvalue weighted by molar-refractivity contribution is 6.03. The van der Waals surface area contributed by atoms with Gasteiger partial charge < -0.3 is 15.4 Å². The van der Waals surface area contributed by atoms with Gasteiger partial charge in [-0.25, -0.2) is 4.99 Å². The first-order chi connectivity index (χ1) is 12.8. The van der Waals surface area contributed by atoms with Crippen molar-refractivity contribution in [2.75, 3.05) is 26.3 Å². The molecule has 3 unspecified atom stereocenters. The lowest BCUT2D eigenvalue weighted by Gasteiger charge is -2.44. The van der Waals surface area contributed by atoms with Gasteiger partial charge in [-0.05, 0) is 24.2 Å². The standard InChI is InChI=1S/C20H27N5O2/c1-19(2,3)13-4-5-16(26)14(10-13)20(12-22)15(11-21)17(23)24-18(20)25-6-8-27-9-7-25/h13-14H,4-10,23H2,1-3H3. The highest BCUT2D eigenvalue weighted by Gasteiger charge is 2.58. The molecule has 2 heterocycles. The molecule has 2 fully saturated rings. The summed E-state index contributed by atoms with van der Waals surface area (Å²) >= 11 is 0. The van der Waals surface area contributed by atoms with Crippen molar-refractivity contribution in [2.24, 2.45) is 33.4 Å². The van der Waals surface area contributed by atoms with Crippen LogP contribution in [0, 0.1) is 45.3 Å². The molecule has 0 radical (unpaired) electrons. The Labute approximate surface area is 160 Å². The summed E-state index contributed by atoms with van der Waals surface area (Å²) in [5.41, 5.74) is 4.81. The molecule has 1 saturated carbocycles. The fourth-order valence-electron chi connectivity index (χ4n) is 4.56. The van der Waals surface area contributed by atoms with E-state index in [0.717, 1.165) is 6.42 Å². The number of hydrogen-bond donors (Lipinski definition) is 1. The smallest absolute Gasteiger partial charge is 0.163 e. The predicted octanol–water partition coefficient (Wildman–Crippen LogP) is 1.97. The fraction of sp³-hybridized carbons (Fsp3) is 0.700. The molecule has 2 aliphatic heterocycles. The van der Waals surface area contributed by atoms with Crippen LogP contribution in [0.3, 0.4) is 0 Å². The Morgan fingerprint density at radius 1 is 1.30 bits per heavy atom. The summed E-state index contributed by atoms with van der Waals surface area (Å²) in [5.74, 6) is 0.234. The zero-order chi connectivity index (χ0) is 19.8. The van der Waals surface area contributed by atoms with Gasteiger partial charge in [0.25, 0.3) is 0 Å². The normalized spacial score (nSPS) is 32.1. The molecular formula is C20H27N5O2. The van der Waals surface area contributed by atoms with E-state index in [9.17, 15) is 15.3 Å². The number of nitriles is 2. The molecule has 0 amide bonds. The van der Waals surface area contributed by atoms with Gasteiger partial charge >= 0.3 is 0 Å². The van der Waals surface area contributed by atoms with Crippen LogP contribution in [0.25, 0.3) is 0 Å². The van der Waals surface area contributed by atoms with Crippen molar-refractivity contribution in [1.29, 1.82) is 10.5 Å². The van der Waals surface area contributed by atoms with E-state index in [1.54, 1.807) is 0 Å². The number of Topliss-reactive ketones (excluding diaryl/α,β-unsaturated/α-hetero) is 1. The molecule has 3 atom stereocenters. The van der Waals surface area contributed by atoms with Crippen LogP contribution in [0.2, 0.25) is 0 Å². The van der Waals surface area contributed by atoms with Gasteiger partial charge in [-0.15, -0.1) is 0 Å². The predicted molar refractivity (Wildman–Crippen MR) is 100.0 cm³/mol. The molecule has 27 heavy (non-hydrogen) atoms.